The number of benzene rings is 1. The molecular formula is C25H34N2O2. The summed E-state index contributed by atoms with van der Waals surface area (Å²) in [5.41, 5.74) is 1.88. The van der Waals surface area contributed by atoms with Gasteiger partial charge in [0.05, 0.1) is 24.2 Å². The summed E-state index contributed by atoms with van der Waals surface area (Å²) in [6.07, 6.45) is 11.1. The number of pyridine rings is 2. The van der Waals surface area contributed by atoms with Gasteiger partial charge in [0.25, 0.3) is 0 Å². The fraction of sp³-hybridized carbons (Fsp3) is 0.520. The van der Waals surface area contributed by atoms with Gasteiger partial charge in [-0.25, -0.2) is 9.97 Å². The molecule has 0 unspecified atom stereocenters. The molecule has 2 aromatic heterocycles. The minimum absolute atomic E-state index is 0.688. The molecule has 0 bridgehead atoms. The molecule has 0 saturated heterocycles. The summed E-state index contributed by atoms with van der Waals surface area (Å²) in [5.74, 6) is 1.39. The molecule has 4 heteroatoms. The van der Waals surface area contributed by atoms with Gasteiger partial charge in [-0.05, 0) is 37.1 Å². The van der Waals surface area contributed by atoms with Crippen LogP contribution >= 0.6 is 0 Å². The maximum atomic E-state index is 5.88. The van der Waals surface area contributed by atoms with E-state index in [9.17, 15) is 0 Å². The molecule has 0 aliphatic rings. The van der Waals surface area contributed by atoms with E-state index in [-0.39, 0.29) is 0 Å². The van der Waals surface area contributed by atoms with E-state index in [2.05, 4.69) is 35.9 Å². The Morgan fingerprint density at radius 3 is 1.59 bits per heavy atom. The first kappa shape index (κ1) is 21.4. The van der Waals surface area contributed by atoms with Gasteiger partial charge in [-0.3, -0.25) is 0 Å². The van der Waals surface area contributed by atoms with Crippen LogP contribution in [0.3, 0.4) is 0 Å². The Morgan fingerprint density at radius 1 is 0.552 bits per heavy atom. The Balaban J connectivity index is 1.57. The molecule has 0 aliphatic carbocycles. The molecule has 0 saturated carbocycles. The number of hydrogen-bond donors (Lipinski definition) is 0. The van der Waals surface area contributed by atoms with E-state index in [4.69, 9.17) is 9.47 Å². The lowest BCUT2D eigenvalue weighted by Gasteiger charge is -2.09. The van der Waals surface area contributed by atoms with E-state index in [1.807, 2.05) is 24.3 Å². The molecule has 0 N–H and O–H groups in total. The van der Waals surface area contributed by atoms with Crippen molar-refractivity contribution < 1.29 is 9.47 Å². The third-order valence-electron chi connectivity index (χ3n) is 5.23. The highest BCUT2D eigenvalue weighted by Gasteiger charge is 2.06. The average molecular weight is 395 g/mol. The van der Waals surface area contributed by atoms with Crippen LogP contribution in [-0.2, 0) is 0 Å². The Kier molecular flexibility index (Phi) is 8.54. The maximum Gasteiger partial charge on any atom is 0.213 e. The van der Waals surface area contributed by atoms with Crippen LogP contribution in [0, 0.1) is 0 Å². The van der Waals surface area contributed by atoms with E-state index in [1.54, 1.807) is 0 Å². The van der Waals surface area contributed by atoms with Crippen LogP contribution < -0.4 is 9.47 Å². The molecule has 3 rings (SSSR count). The van der Waals surface area contributed by atoms with Crippen molar-refractivity contribution in [3.05, 3.63) is 36.4 Å². The van der Waals surface area contributed by atoms with Gasteiger partial charge >= 0.3 is 0 Å². The molecule has 2 heterocycles. The van der Waals surface area contributed by atoms with Crippen LogP contribution in [0.15, 0.2) is 36.4 Å². The minimum Gasteiger partial charge on any atom is -0.478 e. The second kappa shape index (κ2) is 11.6. The highest BCUT2D eigenvalue weighted by Crippen LogP contribution is 2.27. The summed E-state index contributed by atoms with van der Waals surface area (Å²) < 4.78 is 11.6. The molecule has 0 atom stereocenters. The number of aromatic nitrogens is 2. The third kappa shape index (κ3) is 6.31. The Bertz CT molecular complexity index is 895. The predicted octanol–water partition coefficient (Wildman–Crippen LogP) is 7.09. The first-order valence-electron chi connectivity index (χ1n) is 11.3. The number of fused-ring (bicyclic) bond motifs is 3. The zero-order valence-corrected chi connectivity index (χ0v) is 18.0. The lowest BCUT2D eigenvalue weighted by molar-refractivity contribution is 0.294. The van der Waals surface area contributed by atoms with Crippen LogP contribution in [-0.4, -0.2) is 23.2 Å². The zero-order valence-electron chi connectivity index (χ0n) is 18.0. The summed E-state index contributed by atoms with van der Waals surface area (Å²) in [6, 6.07) is 12.1. The predicted molar refractivity (Wildman–Crippen MR) is 121 cm³/mol. The van der Waals surface area contributed by atoms with Gasteiger partial charge in [0.2, 0.25) is 11.8 Å². The summed E-state index contributed by atoms with van der Waals surface area (Å²) >= 11 is 0. The van der Waals surface area contributed by atoms with E-state index >= 15 is 0 Å². The van der Waals surface area contributed by atoms with E-state index in [0.717, 1.165) is 47.7 Å². The average Bonchev–Trinajstić information content (AvgIpc) is 2.75. The molecule has 0 amide bonds. The molecule has 3 aromatic rings. The molecule has 0 fully saturated rings. The van der Waals surface area contributed by atoms with Gasteiger partial charge in [-0.1, -0.05) is 58.8 Å². The van der Waals surface area contributed by atoms with Gasteiger partial charge < -0.3 is 9.47 Å². The fourth-order valence-corrected chi connectivity index (χ4v) is 3.50. The van der Waals surface area contributed by atoms with Crippen molar-refractivity contribution in [2.75, 3.05) is 13.2 Å². The van der Waals surface area contributed by atoms with Gasteiger partial charge in [-0.2, -0.15) is 0 Å². The minimum atomic E-state index is 0.688. The number of rotatable bonds is 13. The Morgan fingerprint density at radius 2 is 1.03 bits per heavy atom. The molecule has 0 spiro atoms. The topological polar surface area (TPSA) is 44.2 Å². The van der Waals surface area contributed by atoms with Gasteiger partial charge in [0.1, 0.15) is 0 Å². The van der Waals surface area contributed by atoms with Gasteiger partial charge in [0, 0.05) is 22.9 Å². The first-order chi connectivity index (χ1) is 14.3. The SMILES string of the molecule is CCCCCCCCCOc1ccc2c(ccc3nc(OCCCC)ccc32)n1. The van der Waals surface area contributed by atoms with E-state index in [0.29, 0.717) is 18.4 Å². The van der Waals surface area contributed by atoms with Crippen molar-refractivity contribution in [3.63, 3.8) is 0 Å². The standard InChI is InChI=1S/C25H34N2O2/c1-3-5-7-8-9-10-11-19-29-25-17-13-21-20-12-16-24(28-18-6-4-2)26-22(20)14-15-23(21)27-25/h12-17H,3-11,18-19H2,1-2H3. The number of ether oxygens (including phenoxy) is 2. The maximum absolute atomic E-state index is 5.88. The van der Waals surface area contributed by atoms with Gasteiger partial charge in [0.15, 0.2) is 0 Å². The molecule has 0 aliphatic heterocycles. The van der Waals surface area contributed by atoms with Crippen molar-refractivity contribution in [2.45, 2.75) is 71.6 Å². The highest BCUT2D eigenvalue weighted by atomic mass is 16.5. The summed E-state index contributed by atoms with van der Waals surface area (Å²) in [4.78, 5) is 9.32. The molecular weight excluding hydrogens is 360 g/mol. The number of nitrogens with zero attached hydrogens (tertiary/aromatic N) is 2. The van der Waals surface area contributed by atoms with Crippen LogP contribution in [0.25, 0.3) is 21.8 Å². The van der Waals surface area contributed by atoms with Crippen molar-refractivity contribution in [2.24, 2.45) is 0 Å². The largest absolute Gasteiger partial charge is 0.478 e. The summed E-state index contributed by atoms with van der Waals surface area (Å²) in [6.45, 7) is 5.86. The third-order valence-corrected chi connectivity index (χ3v) is 5.23. The van der Waals surface area contributed by atoms with Crippen molar-refractivity contribution in [3.8, 4) is 11.8 Å². The van der Waals surface area contributed by atoms with Crippen molar-refractivity contribution in [1.82, 2.24) is 9.97 Å². The summed E-state index contributed by atoms with van der Waals surface area (Å²) in [5, 5.41) is 2.19. The molecule has 0 radical (unpaired) electrons. The normalized spacial score (nSPS) is 11.2. The van der Waals surface area contributed by atoms with Crippen molar-refractivity contribution >= 4 is 21.8 Å². The first-order valence-corrected chi connectivity index (χ1v) is 11.3. The van der Waals surface area contributed by atoms with E-state index < -0.39 is 0 Å². The second-order valence-electron chi connectivity index (χ2n) is 7.67. The molecule has 29 heavy (non-hydrogen) atoms. The lowest BCUT2D eigenvalue weighted by Crippen LogP contribution is -2.00. The van der Waals surface area contributed by atoms with Crippen LogP contribution in [0.2, 0.25) is 0 Å². The highest BCUT2D eigenvalue weighted by molar-refractivity contribution is 6.04. The van der Waals surface area contributed by atoms with Crippen LogP contribution in [0.4, 0.5) is 0 Å². The summed E-state index contributed by atoms with van der Waals surface area (Å²) in [7, 11) is 0. The smallest absolute Gasteiger partial charge is 0.213 e. The van der Waals surface area contributed by atoms with Crippen LogP contribution in [0.1, 0.15) is 71.6 Å². The number of unbranched alkanes of at least 4 members (excludes halogenated alkanes) is 7. The van der Waals surface area contributed by atoms with Crippen molar-refractivity contribution in [1.29, 1.82) is 0 Å². The fourth-order valence-electron chi connectivity index (χ4n) is 3.50. The monoisotopic (exact) mass is 394 g/mol. The quantitative estimate of drug-likeness (QED) is 0.229. The molecule has 1 aromatic carbocycles. The molecule has 4 nitrogen and oxygen atoms in total. The lowest BCUT2D eigenvalue weighted by atomic mass is 10.1. The van der Waals surface area contributed by atoms with Gasteiger partial charge in [-0.15, -0.1) is 0 Å². The Labute approximate surface area is 174 Å². The van der Waals surface area contributed by atoms with Crippen LogP contribution in [0.5, 0.6) is 11.8 Å². The second-order valence-corrected chi connectivity index (χ2v) is 7.67. The Hall–Kier alpha value is -2.36. The molecule has 156 valence electrons. The van der Waals surface area contributed by atoms with E-state index in [1.165, 1.54) is 38.5 Å². The number of hydrogen-bond acceptors (Lipinski definition) is 4. The zero-order chi connectivity index (χ0) is 20.3.